The molecule has 0 spiro atoms. The Morgan fingerprint density at radius 1 is 1.58 bits per heavy atom. The maximum absolute atomic E-state index is 14.0. The van der Waals surface area contributed by atoms with Gasteiger partial charge in [0, 0.05) is 23.7 Å². The van der Waals surface area contributed by atoms with Gasteiger partial charge in [0.2, 0.25) is 0 Å². The van der Waals surface area contributed by atoms with E-state index in [0.29, 0.717) is 23.7 Å². The topological polar surface area (TPSA) is 61.8 Å². The largest absolute Gasteiger partial charge is 0.409 e. The maximum atomic E-state index is 14.0. The van der Waals surface area contributed by atoms with E-state index in [1.165, 1.54) is 18.9 Å². The van der Waals surface area contributed by atoms with Crippen molar-refractivity contribution in [1.29, 1.82) is 0 Å². The van der Waals surface area contributed by atoms with Gasteiger partial charge in [0.25, 0.3) is 0 Å². The second-order valence-electron chi connectivity index (χ2n) is 4.97. The third kappa shape index (κ3) is 3.04. The van der Waals surface area contributed by atoms with Gasteiger partial charge in [-0.25, -0.2) is 4.39 Å². The van der Waals surface area contributed by atoms with Crippen molar-refractivity contribution in [3.8, 4) is 0 Å². The molecule has 19 heavy (non-hydrogen) atoms. The highest BCUT2D eigenvalue weighted by Crippen LogP contribution is 2.23. The zero-order valence-electron chi connectivity index (χ0n) is 11.1. The molecule has 1 aliphatic rings. The van der Waals surface area contributed by atoms with Gasteiger partial charge >= 0.3 is 0 Å². The molecule has 0 bridgehead atoms. The Balaban J connectivity index is 2.13. The second kappa shape index (κ2) is 6.02. The van der Waals surface area contributed by atoms with Crippen LogP contribution in [0.4, 0.5) is 4.39 Å². The summed E-state index contributed by atoms with van der Waals surface area (Å²) in [4.78, 5) is 2.32. The number of oxime groups is 1. The molecule has 1 unspecified atom stereocenters. The van der Waals surface area contributed by atoms with E-state index in [2.05, 4.69) is 17.0 Å². The first-order valence-corrected chi connectivity index (χ1v) is 6.66. The Labute approximate surface area is 112 Å². The van der Waals surface area contributed by atoms with Crippen molar-refractivity contribution in [2.45, 2.75) is 38.8 Å². The Hall–Kier alpha value is -1.62. The first kappa shape index (κ1) is 13.8. The molecule has 0 amide bonds. The normalized spacial score (nSPS) is 20.9. The Bertz CT molecular complexity index is 476. The van der Waals surface area contributed by atoms with Gasteiger partial charge in [-0.2, -0.15) is 0 Å². The van der Waals surface area contributed by atoms with Crippen molar-refractivity contribution >= 4 is 5.84 Å². The number of benzene rings is 1. The van der Waals surface area contributed by atoms with Crippen molar-refractivity contribution in [2.24, 2.45) is 10.9 Å². The number of hydrogen-bond donors (Lipinski definition) is 2. The van der Waals surface area contributed by atoms with Crippen LogP contribution in [0.2, 0.25) is 0 Å². The van der Waals surface area contributed by atoms with E-state index in [4.69, 9.17) is 10.9 Å². The molecule has 1 fully saturated rings. The average Bonchev–Trinajstić information content (AvgIpc) is 2.87. The molecule has 1 saturated heterocycles. The summed E-state index contributed by atoms with van der Waals surface area (Å²) in [7, 11) is 0. The van der Waals surface area contributed by atoms with Gasteiger partial charge in [0.05, 0.1) is 0 Å². The van der Waals surface area contributed by atoms with Gasteiger partial charge in [-0.3, -0.25) is 4.90 Å². The minimum Gasteiger partial charge on any atom is -0.409 e. The van der Waals surface area contributed by atoms with Crippen molar-refractivity contribution < 1.29 is 9.60 Å². The zero-order valence-corrected chi connectivity index (χ0v) is 11.1. The van der Waals surface area contributed by atoms with Crippen LogP contribution >= 0.6 is 0 Å². The fourth-order valence-electron chi connectivity index (χ4n) is 2.68. The summed E-state index contributed by atoms with van der Waals surface area (Å²) in [5.74, 6) is -0.371. The number of hydrogen-bond acceptors (Lipinski definition) is 3. The lowest BCUT2D eigenvalue weighted by Crippen LogP contribution is -2.28. The summed E-state index contributed by atoms with van der Waals surface area (Å²) in [6, 6.07) is 5.28. The van der Waals surface area contributed by atoms with Gasteiger partial charge in [-0.15, -0.1) is 0 Å². The third-order valence-electron chi connectivity index (χ3n) is 3.80. The van der Waals surface area contributed by atoms with Crippen molar-refractivity contribution in [3.63, 3.8) is 0 Å². The molecule has 5 heteroatoms. The zero-order chi connectivity index (χ0) is 13.8. The second-order valence-corrected chi connectivity index (χ2v) is 4.97. The molecule has 1 aliphatic heterocycles. The molecule has 0 aromatic heterocycles. The van der Waals surface area contributed by atoms with E-state index >= 15 is 0 Å². The summed E-state index contributed by atoms with van der Waals surface area (Å²) in [6.07, 6.45) is 3.48. The molecule has 1 heterocycles. The summed E-state index contributed by atoms with van der Waals surface area (Å²) >= 11 is 0. The molecular weight excluding hydrogens is 245 g/mol. The number of nitrogens with two attached hydrogens (primary N) is 1. The number of rotatable bonds is 4. The summed E-state index contributed by atoms with van der Waals surface area (Å²) < 4.78 is 14.0. The minimum absolute atomic E-state index is 0.0712. The lowest BCUT2D eigenvalue weighted by atomic mass is 10.1. The minimum atomic E-state index is -0.300. The summed E-state index contributed by atoms with van der Waals surface area (Å²) in [5.41, 5.74) is 6.51. The van der Waals surface area contributed by atoms with Crippen molar-refractivity contribution in [1.82, 2.24) is 4.90 Å². The fourth-order valence-corrected chi connectivity index (χ4v) is 2.68. The third-order valence-corrected chi connectivity index (χ3v) is 3.80. The van der Waals surface area contributed by atoms with Crippen LogP contribution in [0.1, 0.15) is 37.3 Å². The van der Waals surface area contributed by atoms with Crippen LogP contribution in [0.5, 0.6) is 0 Å². The molecule has 0 aliphatic carbocycles. The van der Waals surface area contributed by atoms with E-state index in [0.717, 1.165) is 13.0 Å². The maximum Gasteiger partial charge on any atom is 0.170 e. The van der Waals surface area contributed by atoms with Crippen LogP contribution in [0, 0.1) is 5.82 Å². The quantitative estimate of drug-likeness (QED) is 0.380. The first-order chi connectivity index (χ1) is 9.15. The van der Waals surface area contributed by atoms with Crippen LogP contribution in [-0.4, -0.2) is 28.5 Å². The molecule has 0 radical (unpaired) electrons. The highest BCUT2D eigenvalue weighted by atomic mass is 19.1. The average molecular weight is 265 g/mol. The fraction of sp³-hybridized carbons (Fsp3) is 0.500. The van der Waals surface area contributed by atoms with E-state index in [-0.39, 0.29) is 11.7 Å². The Kier molecular flexibility index (Phi) is 4.37. The smallest absolute Gasteiger partial charge is 0.170 e. The van der Waals surface area contributed by atoms with Crippen LogP contribution in [0.15, 0.2) is 23.4 Å². The lowest BCUT2D eigenvalue weighted by Gasteiger charge is -2.23. The molecule has 1 aromatic rings. The van der Waals surface area contributed by atoms with E-state index in [1.54, 1.807) is 12.1 Å². The van der Waals surface area contributed by atoms with Gasteiger partial charge < -0.3 is 10.9 Å². The van der Waals surface area contributed by atoms with Gasteiger partial charge in [0.15, 0.2) is 5.84 Å². The molecule has 2 rings (SSSR count). The molecule has 0 saturated carbocycles. The molecule has 104 valence electrons. The summed E-state index contributed by atoms with van der Waals surface area (Å²) in [6.45, 7) is 3.82. The van der Waals surface area contributed by atoms with Crippen LogP contribution in [0.25, 0.3) is 0 Å². The number of halogens is 1. The van der Waals surface area contributed by atoms with Gasteiger partial charge in [0.1, 0.15) is 5.82 Å². The van der Waals surface area contributed by atoms with Crippen LogP contribution < -0.4 is 5.73 Å². The Morgan fingerprint density at radius 2 is 2.37 bits per heavy atom. The number of nitrogens with zero attached hydrogens (tertiary/aromatic N) is 2. The highest BCUT2D eigenvalue weighted by Gasteiger charge is 2.23. The van der Waals surface area contributed by atoms with Crippen LogP contribution in [-0.2, 0) is 6.54 Å². The van der Waals surface area contributed by atoms with Crippen LogP contribution in [0.3, 0.4) is 0 Å². The molecule has 3 N–H and O–H groups in total. The molecular formula is C14H20FN3O. The van der Waals surface area contributed by atoms with E-state index < -0.39 is 0 Å². The van der Waals surface area contributed by atoms with Crippen molar-refractivity contribution in [2.75, 3.05) is 6.54 Å². The first-order valence-electron chi connectivity index (χ1n) is 6.66. The van der Waals surface area contributed by atoms with Gasteiger partial charge in [-0.1, -0.05) is 24.2 Å². The highest BCUT2D eigenvalue weighted by molar-refractivity contribution is 5.97. The molecule has 4 nitrogen and oxygen atoms in total. The molecule has 1 aromatic carbocycles. The molecule has 1 atom stereocenters. The monoisotopic (exact) mass is 265 g/mol. The predicted octanol–water partition coefficient (Wildman–Crippen LogP) is 2.29. The predicted molar refractivity (Wildman–Crippen MR) is 72.6 cm³/mol. The number of amidine groups is 1. The lowest BCUT2D eigenvalue weighted by molar-refractivity contribution is 0.237. The Morgan fingerprint density at radius 3 is 3.00 bits per heavy atom. The summed E-state index contributed by atoms with van der Waals surface area (Å²) in [5, 5.41) is 11.5. The van der Waals surface area contributed by atoms with Gasteiger partial charge in [-0.05, 0) is 31.9 Å². The number of likely N-dealkylation sites (tertiary alicyclic amines) is 1. The van der Waals surface area contributed by atoms with E-state index in [1.807, 2.05) is 0 Å². The van der Waals surface area contributed by atoms with E-state index in [9.17, 15) is 4.39 Å². The SMILES string of the molecule is CCC1CCCN1Cc1ccc(/C(N)=N/O)cc1F. The standard InChI is InChI=1S/C14H20FN3O/c1-2-12-4-3-7-18(12)9-11-6-5-10(8-13(11)15)14(16)17-19/h5-6,8,12,19H,2-4,7,9H2,1H3,(H2,16,17). The van der Waals surface area contributed by atoms with Crippen molar-refractivity contribution in [3.05, 3.63) is 35.1 Å².